The van der Waals surface area contributed by atoms with Crippen molar-refractivity contribution in [2.75, 3.05) is 18.0 Å². The average Bonchev–Trinajstić information content (AvgIpc) is 2.56. The van der Waals surface area contributed by atoms with Gasteiger partial charge in [-0.15, -0.1) is 0 Å². The molecule has 0 saturated carbocycles. The Hall–Kier alpha value is -1.50. The van der Waals surface area contributed by atoms with E-state index in [0.717, 1.165) is 38.1 Å². The maximum Gasteiger partial charge on any atom is 0.416 e. The lowest BCUT2D eigenvalue weighted by molar-refractivity contribution is -0.137. The lowest BCUT2D eigenvalue weighted by Crippen LogP contribution is -2.38. The van der Waals surface area contributed by atoms with Crippen LogP contribution in [0.25, 0.3) is 11.0 Å². The molecular formula is C20H23BrF3NO2. The summed E-state index contributed by atoms with van der Waals surface area (Å²) < 4.78 is 45.9. The van der Waals surface area contributed by atoms with E-state index in [-0.39, 0.29) is 21.2 Å². The van der Waals surface area contributed by atoms with Crippen molar-refractivity contribution in [3.63, 3.8) is 0 Å². The minimum atomic E-state index is -4.53. The third-order valence-corrected chi connectivity index (χ3v) is 5.88. The van der Waals surface area contributed by atoms with Gasteiger partial charge in [-0.05, 0) is 44.2 Å². The number of rotatable bonds is 2. The highest BCUT2D eigenvalue weighted by Crippen LogP contribution is 2.39. The van der Waals surface area contributed by atoms with Crippen LogP contribution in [0.5, 0.6) is 0 Å². The van der Waals surface area contributed by atoms with Crippen molar-refractivity contribution < 1.29 is 17.6 Å². The van der Waals surface area contributed by atoms with Crippen LogP contribution in [0, 0.1) is 12.3 Å². The average molecular weight is 446 g/mol. The Balaban J connectivity index is 2.21. The van der Waals surface area contributed by atoms with Crippen molar-refractivity contribution in [2.24, 2.45) is 5.41 Å². The summed E-state index contributed by atoms with van der Waals surface area (Å²) in [5.41, 5.74) is -0.0984. The quantitative estimate of drug-likeness (QED) is 0.515. The number of piperidine rings is 1. The van der Waals surface area contributed by atoms with Crippen molar-refractivity contribution in [3.05, 3.63) is 39.0 Å². The Labute approximate surface area is 164 Å². The fourth-order valence-electron chi connectivity index (χ4n) is 3.48. The normalized spacial score (nSPS) is 18.7. The third kappa shape index (κ3) is 3.89. The number of halogens is 4. The first-order valence-corrected chi connectivity index (χ1v) is 9.90. The highest BCUT2D eigenvalue weighted by molar-refractivity contribution is 9.09. The summed E-state index contributed by atoms with van der Waals surface area (Å²) in [7, 11) is 0. The van der Waals surface area contributed by atoms with Crippen molar-refractivity contribution in [3.8, 4) is 0 Å². The first-order valence-electron chi connectivity index (χ1n) is 8.98. The van der Waals surface area contributed by atoms with Crippen LogP contribution < -0.4 is 10.3 Å². The van der Waals surface area contributed by atoms with Gasteiger partial charge >= 0.3 is 6.18 Å². The molecule has 3 rings (SSSR count). The molecule has 0 N–H and O–H groups in total. The summed E-state index contributed by atoms with van der Waals surface area (Å²) in [4.78, 5) is 14.5. The molecule has 3 nitrogen and oxygen atoms in total. The Bertz CT molecular complexity index is 921. The van der Waals surface area contributed by atoms with Gasteiger partial charge in [-0.1, -0.05) is 29.8 Å². The van der Waals surface area contributed by atoms with Crippen molar-refractivity contribution in [1.82, 2.24) is 0 Å². The molecule has 27 heavy (non-hydrogen) atoms. The van der Waals surface area contributed by atoms with Crippen LogP contribution >= 0.6 is 15.9 Å². The Kier molecular flexibility index (Phi) is 5.12. The Morgan fingerprint density at radius 1 is 1.22 bits per heavy atom. The monoisotopic (exact) mass is 445 g/mol. The molecule has 0 bridgehead atoms. The van der Waals surface area contributed by atoms with Gasteiger partial charge in [0.05, 0.1) is 16.5 Å². The second-order valence-corrected chi connectivity index (χ2v) is 9.44. The zero-order chi connectivity index (χ0) is 20.1. The van der Waals surface area contributed by atoms with Gasteiger partial charge in [-0.2, -0.15) is 13.2 Å². The van der Waals surface area contributed by atoms with Gasteiger partial charge in [0.25, 0.3) is 0 Å². The molecule has 1 atom stereocenters. The summed E-state index contributed by atoms with van der Waals surface area (Å²) in [5, 5.41) is -0.0234. The molecule has 0 aliphatic carbocycles. The van der Waals surface area contributed by atoms with E-state index in [0.29, 0.717) is 17.0 Å². The maximum atomic E-state index is 13.3. The number of alkyl halides is 4. The first-order chi connectivity index (χ1) is 12.4. The van der Waals surface area contributed by atoms with Crippen LogP contribution in [0.15, 0.2) is 21.3 Å². The lowest BCUT2D eigenvalue weighted by atomic mass is 9.82. The van der Waals surface area contributed by atoms with Crippen LogP contribution in [-0.2, 0) is 6.18 Å². The summed E-state index contributed by atoms with van der Waals surface area (Å²) in [6.45, 7) is 9.26. The molecule has 0 amide bonds. The van der Waals surface area contributed by atoms with Gasteiger partial charge in [0.15, 0.2) is 5.43 Å². The van der Waals surface area contributed by atoms with Crippen molar-refractivity contribution in [2.45, 2.75) is 51.5 Å². The van der Waals surface area contributed by atoms with Gasteiger partial charge in [0.2, 0.25) is 5.88 Å². The van der Waals surface area contributed by atoms with Crippen LogP contribution in [-0.4, -0.2) is 13.1 Å². The summed E-state index contributed by atoms with van der Waals surface area (Å²) >= 11 is 3.34. The second-order valence-electron chi connectivity index (χ2n) is 8.07. The first kappa shape index (κ1) is 20.2. The van der Waals surface area contributed by atoms with Gasteiger partial charge in [0.1, 0.15) is 5.58 Å². The predicted octanol–water partition coefficient (Wildman–Crippen LogP) is 6.20. The maximum absolute atomic E-state index is 13.3. The molecule has 1 fully saturated rings. The third-order valence-electron chi connectivity index (χ3n) is 5.38. The van der Waals surface area contributed by atoms with Crippen LogP contribution in [0.2, 0.25) is 0 Å². The molecule has 2 heterocycles. The summed E-state index contributed by atoms with van der Waals surface area (Å²) in [6, 6.07) is 1.96. The fourth-order valence-corrected chi connectivity index (χ4v) is 3.82. The second kappa shape index (κ2) is 6.83. The minimum Gasteiger partial charge on any atom is -0.440 e. The zero-order valence-electron chi connectivity index (χ0n) is 15.8. The molecule has 1 aromatic heterocycles. The molecule has 1 aliphatic heterocycles. The predicted molar refractivity (Wildman–Crippen MR) is 105 cm³/mol. The highest BCUT2D eigenvalue weighted by atomic mass is 79.9. The number of hydrogen-bond acceptors (Lipinski definition) is 3. The number of benzene rings is 1. The van der Waals surface area contributed by atoms with Crippen LogP contribution in [0.4, 0.5) is 19.1 Å². The van der Waals surface area contributed by atoms with E-state index in [4.69, 9.17) is 4.42 Å². The summed E-state index contributed by atoms with van der Waals surface area (Å²) in [5.74, 6) is 0.470. The smallest absolute Gasteiger partial charge is 0.416 e. The summed E-state index contributed by atoms with van der Waals surface area (Å²) in [6.07, 6.45) is -2.60. The molecule has 1 aromatic carbocycles. The van der Waals surface area contributed by atoms with Crippen molar-refractivity contribution in [1.29, 1.82) is 0 Å². The van der Waals surface area contributed by atoms with E-state index in [9.17, 15) is 18.0 Å². The molecule has 1 unspecified atom stereocenters. The molecule has 0 radical (unpaired) electrons. The lowest BCUT2D eigenvalue weighted by Gasteiger charge is -2.37. The van der Waals surface area contributed by atoms with Crippen molar-refractivity contribution >= 4 is 32.8 Å². The molecule has 2 aromatic rings. The van der Waals surface area contributed by atoms with E-state index in [1.165, 1.54) is 0 Å². The molecule has 1 saturated heterocycles. The Morgan fingerprint density at radius 3 is 2.33 bits per heavy atom. The molecule has 0 spiro atoms. The largest absolute Gasteiger partial charge is 0.440 e. The zero-order valence-corrected chi connectivity index (χ0v) is 17.4. The van der Waals surface area contributed by atoms with E-state index in [1.54, 1.807) is 13.8 Å². The van der Waals surface area contributed by atoms with Gasteiger partial charge < -0.3 is 9.32 Å². The highest BCUT2D eigenvalue weighted by Gasteiger charge is 2.34. The minimum absolute atomic E-state index is 0.0234. The number of anilines is 1. The van der Waals surface area contributed by atoms with Gasteiger partial charge in [-0.25, -0.2) is 0 Å². The van der Waals surface area contributed by atoms with Crippen LogP contribution in [0.3, 0.4) is 0 Å². The molecule has 1 aliphatic rings. The number of nitrogens with zero attached hydrogens (tertiary/aromatic N) is 1. The topological polar surface area (TPSA) is 33.5 Å². The van der Waals surface area contributed by atoms with Crippen LogP contribution in [0.1, 0.15) is 55.1 Å². The SMILES string of the molecule is Cc1c(N2CCC(C)(C)CC2)oc2c(C(C)Br)cc(C(F)(F)F)cc2c1=O. The van der Waals surface area contributed by atoms with Gasteiger partial charge in [-0.3, -0.25) is 4.79 Å². The molecular weight excluding hydrogens is 423 g/mol. The van der Waals surface area contributed by atoms with E-state index in [1.807, 2.05) is 4.90 Å². The standard InChI is InChI=1S/C20H23BrF3NO2/c1-11-16(26)15-10-13(20(22,23)24)9-14(12(2)21)17(15)27-18(11)25-7-5-19(3,4)6-8-25/h9-10,12H,5-8H2,1-4H3. The van der Waals surface area contributed by atoms with E-state index >= 15 is 0 Å². The molecule has 7 heteroatoms. The van der Waals surface area contributed by atoms with E-state index < -0.39 is 17.2 Å². The molecule has 148 valence electrons. The number of hydrogen-bond donors (Lipinski definition) is 0. The van der Waals surface area contributed by atoms with E-state index in [2.05, 4.69) is 29.8 Å². The van der Waals surface area contributed by atoms with Gasteiger partial charge in [0, 0.05) is 23.5 Å². The fraction of sp³-hybridized carbons (Fsp3) is 0.550. The number of fused-ring (bicyclic) bond motifs is 1. The Morgan fingerprint density at radius 2 is 1.81 bits per heavy atom.